The molecule has 1 rings (SSSR count). The molecule has 17 heavy (non-hydrogen) atoms. The zero-order valence-corrected chi connectivity index (χ0v) is 10.6. The Labute approximate surface area is 101 Å². The molecule has 0 N–H and O–H groups in total. The van der Waals surface area contributed by atoms with Gasteiger partial charge in [0.05, 0.1) is 37.8 Å². The SMILES string of the molecule is COC(=O)C(C)Cn1nc(C)c(CC#N)c1C. The number of ether oxygens (including phenoxy) is 1. The summed E-state index contributed by atoms with van der Waals surface area (Å²) in [5.74, 6) is -0.493. The number of nitrogens with zero attached hydrogens (tertiary/aromatic N) is 3. The van der Waals surface area contributed by atoms with E-state index < -0.39 is 0 Å². The molecular weight excluding hydrogens is 218 g/mol. The predicted octanol–water partition coefficient (Wildman–Crippen LogP) is 1.38. The maximum Gasteiger partial charge on any atom is 0.310 e. The normalized spacial score (nSPS) is 11.9. The van der Waals surface area contributed by atoms with Crippen molar-refractivity contribution in [2.75, 3.05) is 7.11 Å². The van der Waals surface area contributed by atoms with E-state index in [0.29, 0.717) is 13.0 Å². The summed E-state index contributed by atoms with van der Waals surface area (Å²) in [6.45, 7) is 6.06. The van der Waals surface area contributed by atoms with Crippen molar-refractivity contribution in [1.29, 1.82) is 5.26 Å². The molecule has 0 aliphatic heterocycles. The van der Waals surface area contributed by atoms with Crippen LogP contribution in [0.5, 0.6) is 0 Å². The lowest BCUT2D eigenvalue weighted by Crippen LogP contribution is -2.20. The molecule has 0 amide bonds. The van der Waals surface area contributed by atoms with Gasteiger partial charge in [0, 0.05) is 11.3 Å². The smallest absolute Gasteiger partial charge is 0.310 e. The van der Waals surface area contributed by atoms with E-state index in [1.165, 1.54) is 7.11 Å². The van der Waals surface area contributed by atoms with Crippen LogP contribution in [0.3, 0.4) is 0 Å². The maximum atomic E-state index is 11.3. The van der Waals surface area contributed by atoms with Gasteiger partial charge in [-0.2, -0.15) is 10.4 Å². The summed E-state index contributed by atoms with van der Waals surface area (Å²) in [7, 11) is 1.38. The van der Waals surface area contributed by atoms with Crippen LogP contribution >= 0.6 is 0 Å². The Bertz CT molecular complexity index is 457. The van der Waals surface area contributed by atoms with Gasteiger partial charge in [0.2, 0.25) is 0 Å². The lowest BCUT2D eigenvalue weighted by Gasteiger charge is -2.10. The number of hydrogen-bond donors (Lipinski definition) is 0. The Kier molecular flexibility index (Phi) is 4.27. The maximum absolute atomic E-state index is 11.3. The molecule has 1 unspecified atom stereocenters. The van der Waals surface area contributed by atoms with Crippen LogP contribution in [-0.2, 0) is 22.5 Å². The summed E-state index contributed by atoms with van der Waals surface area (Å²) in [5, 5.41) is 13.1. The first-order valence-electron chi connectivity index (χ1n) is 5.48. The minimum absolute atomic E-state index is 0.243. The molecule has 5 heteroatoms. The Morgan fingerprint density at radius 1 is 1.59 bits per heavy atom. The third-order valence-corrected chi connectivity index (χ3v) is 2.84. The summed E-state index contributed by atoms with van der Waals surface area (Å²) in [6.07, 6.45) is 0.351. The fourth-order valence-electron chi connectivity index (χ4n) is 1.78. The second-order valence-electron chi connectivity index (χ2n) is 4.09. The molecule has 0 saturated carbocycles. The second-order valence-corrected chi connectivity index (χ2v) is 4.09. The van der Waals surface area contributed by atoms with Crippen molar-refractivity contribution in [3.63, 3.8) is 0 Å². The fraction of sp³-hybridized carbons (Fsp3) is 0.583. The first kappa shape index (κ1) is 13.2. The molecular formula is C12H17N3O2. The first-order valence-corrected chi connectivity index (χ1v) is 5.48. The third kappa shape index (κ3) is 2.84. The number of aromatic nitrogens is 2. The second kappa shape index (κ2) is 5.48. The van der Waals surface area contributed by atoms with Gasteiger partial charge in [0.1, 0.15) is 0 Å². The molecule has 1 aromatic heterocycles. The van der Waals surface area contributed by atoms with Crippen molar-refractivity contribution in [1.82, 2.24) is 9.78 Å². The fourth-order valence-corrected chi connectivity index (χ4v) is 1.78. The van der Waals surface area contributed by atoms with E-state index in [1.807, 2.05) is 13.8 Å². The number of nitriles is 1. The van der Waals surface area contributed by atoms with Crippen molar-refractivity contribution < 1.29 is 9.53 Å². The molecule has 0 fully saturated rings. The number of esters is 1. The zero-order chi connectivity index (χ0) is 13.0. The molecule has 0 spiro atoms. The van der Waals surface area contributed by atoms with E-state index >= 15 is 0 Å². The first-order chi connectivity index (χ1) is 8.01. The van der Waals surface area contributed by atoms with Crippen LogP contribution in [-0.4, -0.2) is 22.9 Å². The molecule has 92 valence electrons. The average Bonchev–Trinajstić information content (AvgIpc) is 2.56. The molecule has 0 aliphatic rings. The lowest BCUT2D eigenvalue weighted by atomic mass is 10.1. The van der Waals surface area contributed by atoms with Gasteiger partial charge in [-0.05, 0) is 13.8 Å². The summed E-state index contributed by atoms with van der Waals surface area (Å²) < 4.78 is 6.44. The van der Waals surface area contributed by atoms with Crippen molar-refractivity contribution in [3.8, 4) is 6.07 Å². The van der Waals surface area contributed by atoms with Crippen molar-refractivity contribution in [2.45, 2.75) is 33.7 Å². The van der Waals surface area contributed by atoms with Gasteiger partial charge in [-0.15, -0.1) is 0 Å². The number of hydrogen-bond acceptors (Lipinski definition) is 4. The highest BCUT2D eigenvalue weighted by atomic mass is 16.5. The van der Waals surface area contributed by atoms with Crippen LogP contribution in [0.15, 0.2) is 0 Å². The summed E-state index contributed by atoms with van der Waals surface area (Å²) >= 11 is 0. The van der Waals surface area contributed by atoms with E-state index in [0.717, 1.165) is 17.0 Å². The summed E-state index contributed by atoms with van der Waals surface area (Å²) in [4.78, 5) is 11.3. The Morgan fingerprint density at radius 3 is 2.76 bits per heavy atom. The van der Waals surface area contributed by atoms with Gasteiger partial charge in [-0.3, -0.25) is 9.48 Å². The third-order valence-electron chi connectivity index (χ3n) is 2.84. The Hall–Kier alpha value is -1.83. The topological polar surface area (TPSA) is 67.9 Å². The summed E-state index contributed by atoms with van der Waals surface area (Å²) in [5.41, 5.74) is 2.74. The van der Waals surface area contributed by atoms with Crippen molar-refractivity contribution >= 4 is 5.97 Å². The highest BCUT2D eigenvalue weighted by Crippen LogP contribution is 2.15. The molecule has 5 nitrogen and oxygen atoms in total. The number of rotatable bonds is 4. The molecule has 1 aromatic rings. The van der Waals surface area contributed by atoms with E-state index in [1.54, 1.807) is 11.6 Å². The Morgan fingerprint density at radius 2 is 2.24 bits per heavy atom. The largest absolute Gasteiger partial charge is 0.469 e. The van der Waals surface area contributed by atoms with Crippen LogP contribution in [0, 0.1) is 31.1 Å². The number of carbonyl (C=O) groups excluding carboxylic acids is 1. The summed E-state index contributed by atoms with van der Waals surface area (Å²) in [6, 6.07) is 2.12. The highest BCUT2D eigenvalue weighted by Gasteiger charge is 2.17. The minimum Gasteiger partial charge on any atom is -0.469 e. The van der Waals surface area contributed by atoms with Crippen molar-refractivity contribution in [3.05, 3.63) is 17.0 Å². The van der Waals surface area contributed by atoms with Gasteiger partial charge in [0.15, 0.2) is 0 Å². The van der Waals surface area contributed by atoms with Crippen LogP contribution in [0.1, 0.15) is 23.9 Å². The van der Waals surface area contributed by atoms with Gasteiger partial charge >= 0.3 is 5.97 Å². The zero-order valence-electron chi connectivity index (χ0n) is 10.6. The lowest BCUT2D eigenvalue weighted by molar-refractivity contribution is -0.145. The average molecular weight is 235 g/mol. The molecule has 0 bridgehead atoms. The van der Waals surface area contributed by atoms with Gasteiger partial charge in [-0.25, -0.2) is 0 Å². The molecule has 0 aliphatic carbocycles. The number of methoxy groups -OCH3 is 1. The Balaban J connectivity index is 2.90. The standard InChI is InChI=1S/C12H17N3O2/c1-8(12(16)17-4)7-15-10(3)11(5-6-13)9(2)14-15/h8H,5,7H2,1-4H3. The van der Waals surface area contributed by atoms with Gasteiger partial charge in [-0.1, -0.05) is 6.92 Å². The molecule has 1 atom stereocenters. The highest BCUT2D eigenvalue weighted by molar-refractivity contribution is 5.71. The van der Waals surface area contributed by atoms with Crippen LogP contribution in [0.4, 0.5) is 0 Å². The van der Waals surface area contributed by atoms with Crippen molar-refractivity contribution in [2.24, 2.45) is 5.92 Å². The monoisotopic (exact) mass is 235 g/mol. The van der Waals surface area contributed by atoms with Crippen LogP contribution in [0.25, 0.3) is 0 Å². The molecule has 0 radical (unpaired) electrons. The molecule has 0 saturated heterocycles. The van der Waals surface area contributed by atoms with E-state index in [-0.39, 0.29) is 11.9 Å². The van der Waals surface area contributed by atoms with Gasteiger partial charge in [0.25, 0.3) is 0 Å². The predicted molar refractivity (Wildman–Crippen MR) is 62.2 cm³/mol. The van der Waals surface area contributed by atoms with Crippen LogP contribution in [0.2, 0.25) is 0 Å². The number of carbonyl (C=O) groups is 1. The van der Waals surface area contributed by atoms with E-state index in [9.17, 15) is 4.79 Å². The van der Waals surface area contributed by atoms with E-state index in [2.05, 4.69) is 15.9 Å². The minimum atomic E-state index is -0.251. The van der Waals surface area contributed by atoms with Gasteiger partial charge < -0.3 is 4.74 Å². The van der Waals surface area contributed by atoms with E-state index in [4.69, 9.17) is 5.26 Å². The number of aryl methyl sites for hydroxylation is 1. The molecule has 1 heterocycles. The molecule has 0 aromatic carbocycles. The van der Waals surface area contributed by atoms with Crippen LogP contribution < -0.4 is 0 Å². The quantitative estimate of drug-likeness (QED) is 0.739.